The van der Waals surface area contributed by atoms with E-state index in [1.54, 1.807) is 0 Å². The summed E-state index contributed by atoms with van der Waals surface area (Å²) in [5.74, 6) is 0. The molecule has 1 aliphatic rings. The summed E-state index contributed by atoms with van der Waals surface area (Å²) in [6.45, 7) is 1.22. The van der Waals surface area contributed by atoms with Gasteiger partial charge in [0, 0.05) is 0 Å². The molecule has 4 aromatic carbocycles. The quantitative estimate of drug-likeness (QED) is 0.327. The van der Waals surface area contributed by atoms with E-state index in [1.807, 2.05) is 18.2 Å². The van der Waals surface area contributed by atoms with E-state index in [2.05, 4.69) is 91.0 Å². The molecule has 4 aromatic rings. The average Bonchev–Trinajstić information content (AvgIpc) is 3.60. The van der Waals surface area contributed by atoms with E-state index < -0.39 is 0 Å². The summed E-state index contributed by atoms with van der Waals surface area (Å²) in [5.41, 5.74) is 7.26. The van der Waals surface area contributed by atoms with Crippen LogP contribution in [-0.4, -0.2) is 12.7 Å². The van der Waals surface area contributed by atoms with Crippen molar-refractivity contribution < 1.29 is 9.47 Å². The fraction of sp³-hybridized carbons (Fsp3) is 0.143. The Bertz CT molecular complexity index is 1030. The maximum atomic E-state index is 6.00. The standard InChI is InChI=1S/C28H24O2/c1-4-10-21(11-5-1)19-29-20-27-28(30-27)26-17-24(22-12-6-2-7-13-22)16-25(18-26)23-14-8-3-9-15-23/h1-18,27-28H,19-20H2/t27-,28+/m0/s1. The zero-order valence-corrected chi connectivity index (χ0v) is 16.8. The van der Waals surface area contributed by atoms with Crippen LogP contribution >= 0.6 is 0 Å². The van der Waals surface area contributed by atoms with E-state index in [0.29, 0.717) is 13.2 Å². The molecule has 1 aliphatic heterocycles. The van der Waals surface area contributed by atoms with Gasteiger partial charge >= 0.3 is 0 Å². The van der Waals surface area contributed by atoms with Crippen LogP contribution in [0.3, 0.4) is 0 Å². The molecule has 0 bridgehead atoms. The maximum absolute atomic E-state index is 6.00. The molecule has 0 aromatic heterocycles. The molecule has 1 saturated heterocycles. The monoisotopic (exact) mass is 392 g/mol. The first-order valence-corrected chi connectivity index (χ1v) is 10.4. The molecule has 0 N–H and O–H groups in total. The Morgan fingerprint density at radius 1 is 0.600 bits per heavy atom. The molecule has 1 heterocycles. The Hall–Kier alpha value is -3.20. The van der Waals surface area contributed by atoms with Crippen molar-refractivity contribution in [3.63, 3.8) is 0 Å². The lowest BCUT2D eigenvalue weighted by Gasteiger charge is -2.10. The Labute approximate surface area is 177 Å². The van der Waals surface area contributed by atoms with Crippen LogP contribution in [0.1, 0.15) is 17.2 Å². The van der Waals surface area contributed by atoms with Gasteiger partial charge in [0.25, 0.3) is 0 Å². The first kappa shape index (κ1) is 18.8. The fourth-order valence-electron chi connectivity index (χ4n) is 3.84. The van der Waals surface area contributed by atoms with Crippen LogP contribution in [0.5, 0.6) is 0 Å². The van der Waals surface area contributed by atoms with Gasteiger partial charge < -0.3 is 9.47 Å². The van der Waals surface area contributed by atoms with Crippen molar-refractivity contribution in [2.75, 3.05) is 6.61 Å². The summed E-state index contributed by atoms with van der Waals surface area (Å²) < 4.78 is 11.9. The lowest BCUT2D eigenvalue weighted by molar-refractivity contribution is 0.104. The van der Waals surface area contributed by atoms with Gasteiger partial charge in [-0.3, -0.25) is 0 Å². The van der Waals surface area contributed by atoms with Crippen LogP contribution < -0.4 is 0 Å². The second-order valence-corrected chi connectivity index (χ2v) is 7.67. The van der Waals surface area contributed by atoms with E-state index in [-0.39, 0.29) is 12.2 Å². The zero-order chi connectivity index (χ0) is 20.2. The van der Waals surface area contributed by atoms with Crippen molar-refractivity contribution in [2.24, 2.45) is 0 Å². The molecule has 2 atom stereocenters. The largest absolute Gasteiger partial charge is 0.374 e. The van der Waals surface area contributed by atoms with Crippen LogP contribution in [-0.2, 0) is 16.1 Å². The van der Waals surface area contributed by atoms with Gasteiger partial charge in [-0.25, -0.2) is 0 Å². The summed E-state index contributed by atoms with van der Waals surface area (Å²) in [6, 6.07) is 38.1. The first-order chi connectivity index (χ1) is 14.9. The van der Waals surface area contributed by atoms with Crippen LogP contribution in [0.4, 0.5) is 0 Å². The van der Waals surface area contributed by atoms with Gasteiger partial charge in [0.2, 0.25) is 0 Å². The smallest absolute Gasteiger partial charge is 0.112 e. The summed E-state index contributed by atoms with van der Waals surface area (Å²) >= 11 is 0. The van der Waals surface area contributed by atoms with Crippen molar-refractivity contribution in [3.05, 3.63) is 120 Å². The summed E-state index contributed by atoms with van der Waals surface area (Å²) in [7, 11) is 0. The highest BCUT2D eigenvalue weighted by molar-refractivity contribution is 5.74. The zero-order valence-electron chi connectivity index (χ0n) is 16.8. The number of rotatable bonds is 7. The number of hydrogen-bond acceptors (Lipinski definition) is 2. The number of hydrogen-bond donors (Lipinski definition) is 0. The predicted octanol–water partition coefficient (Wildman–Crippen LogP) is 6.68. The van der Waals surface area contributed by atoms with Gasteiger partial charge in [0.05, 0.1) is 13.2 Å². The van der Waals surface area contributed by atoms with Crippen molar-refractivity contribution in [3.8, 4) is 22.3 Å². The molecule has 0 saturated carbocycles. The Morgan fingerprint density at radius 3 is 1.70 bits per heavy atom. The summed E-state index contributed by atoms with van der Waals surface area (Å²) in [6.07, 6.45) is 0.204. The summed E-state index contributed by atoms with van der Waals surface area (Å²) in [4.78, 5) is 0. The molecule has 2 nitrogen and oxygen atoms in total. The molecule has 2 heteroatoms. The Balaban J connectivity index is 1.35. The van der Waals surface area contributed by atoms with Crippen molar-refractivity contribution >= 4 is 0 Å². The first-order valence-electron chi connectivity index (χ1n) is 10.4. The average molecular weight is 392 g/mol. The molecule has 0 spiro atoms. The molecule has 30 heavy (non-hydrogen) atoms. The number of benzene rings is 4. The molecule has 148 valence electrons. The molecular weight excluding hydrogens is 368 g/mol. The van der Waals surface area contributed by atoms with E-state index in [0.717, 1.165) is 0 Å². The molecule has 1 fully saturated rings. The van der Waals surface area contributed by atoms with Gasteiger partial charge in [-0.2, -0.15) is 0 Å². The van der Waals surface area contributed by atoms with Gasteiger partial charge in [-0.1, -0.05) is 91.0 Å². The van der Waals surface area contributed by atoms with Crippen LogP contribution in [0, 0.1) is 0 Å². The normalized spacial score (nSPS) is 17.6. The lowest BCUT2D eigenvalue weighted by Crippen LogP contribution is -2.03. The second kappa shape index (κ2) is 8.66. The third kappa shape index (κ3) is 4.35. The highest BCUT2D eigenvalue weighted by Gasteiger charge is 2.40. The second-order valence-electron chi connectivity index (χ2n) is 7.67. The molecule has 0 amide bonds. The van der Waals surface area contributed by atoms with Gasteiger partial charge in [-0.05, 0) is 51.6 Å². The molecular formula is C28H24O2. The summed E-state index contributed by atoms with van der Waals surface area (Å²) in [5, 5.41) is 0. The van der Waals surface area contributed by atoms with E-state index >= 15 is 0 Å². The van der Waals surface area contributed by atoms with Crippen molar-refractivity contribution in [1.82, 2.24) is 0 Å². The third-order valence-corrected chi connectivity index (χ3v) is 5.47. The minimum atomic E-state index is 0.0897. The third-order valence-electron chi connectivity index (χ3n) is 5.47. The number of ether oxygens (including phenoxy) is 2. The Morgan fingerprint density at radius 2 is 1.13 bits per heavy atom. The van der Waals surface area contributed by atoms with Crippen molar-refractivity contribution in [2.45, 2.75) is 18.8 Å². The van der Waals surface area contributed by atoms with Gasteiger partial charge in [0.15, 0.2) is 0 Å². The van der Waals surface area contributed by atoms with Crippen LogP contribution in [0.15, 0.2) is 109 Å². The van der Waals surface area contributed by atoms with Gasteiger partial charge in [-0.15, -0.1) is 0 Å². The molecule has 0 aliphatic carbocycles. The van der Waals surface area contributed by atoms with E-state index in [9.17, 15) is 0 Å². The van der Waals surface area contributed by atoms with E-state index in [1.165, 1.54) is 33.4 Å². The lowest BCUT2D eigenvalue weighted by atomic mass is 9.94. The predicted molar refractivity (Wildman–Crippen MR) is 121 cm³/mol. The van der Waals surface area contributed by atoms with Crippen LogP contribution in [0.2, 0.25) is 0 Å². The molecule has 5 rings (SSSR count). The van der Waals surface area contributed by atoms with Crippen LogP contribution in [0.25, 0.3) is 22.3 Å². The maximum Gasteiger partial charge on any atom is 0.112 e. The highest BCUT2D eigenvalue weighted by atomic mass is 16.6. The minimum absolute atomic E-state index is 0.0897. The fourth-order valence-corrected chi connectivity index (χ4v) is 3.84. The van der Waals surface area contributed by atoms with Crippen molar-refractivity contribution in [1.29, 1.82) is 0 Å². The minimum Gasteiger partial charge on any atom is -0.374 e. The Kier molecular flexibility index (Phi) is 5.43. The molecule has 0 radical (unpaired) electrons. The highest BCUT2D eigenvalue weighted by Crippen LogP contribution is 2.42. The van der Waals surface area contributed by atoms with E-state index in [4.69, 9.17) is 9.47 Å². The topological polar surface area (TPSA) is 21.8 Å². The molecule has 0 unspecified atom stereocenters. The number of epoxide rings is 1. The SMILES string of the molecule is c1ccc(COC[C@@H]2O[C@@H]2c2cc(-c3ccccc3)cc(-c3ccccc3)c2)cc1. The van der Waals surface area contributed by atoms with Gasteiger partial charge in [0.1, 0.15) is 12.2 Å².